The molecule has 0 aliphatic carbocycles. The van der Waals surface area contributed by atoms with Crippen LogP contribution in [0, 0.1) is 13.8 Å². The molecule has 0 spiro atoms. The fourth-order valence-electron chi connectivity index (χ4n) is 3.19. The molecule has 4 aromatic rings. The van der Waals surface area contributed by atoms with E-state index in [2.05, 4.69) is 76.0 Å². The van der Waals surface area contributed by atoms with Gasteiger partial charge in [-0.1, -0.05) is 30.3 Å². The summed E-state index contributed by atoms with van der Waals surface area (Å²) in [4.78, 5) is 12.2. The van der Waals surface area contributed by atoms with Crippen molar-refractivity contribution in [3.63, 3.8) is 0 Å². The van der Waals surface area contributed by atoms with Crippen LogP contribution in [0.1, 0.15) is 16.7 Å². The summed E-state index contributed by atoms with van der Waals surface area (Å²) in [5, 5.41) is 7.98. The number of anilines is 3. The third kappa shape index (κ3) is 3.77. The van der Waals surface area contributed by atoms with E-state index in [1.165, 1.54) is 27.6 Å². The first-order chi connectivity index (χ1) is 13.2. The average molecular weight is 357 g/mol. The van der Waals surface area contributed by atoms with Crippen molar-refractivity contribution >= 4 is 28.4 Å². The van der Waals surface area contributed by atoms with Crippen molar-refractivity contribution in [3.05, 3.63) is 77.6 Å². The Bertz CT molecular complexity index is 1070. The van der Waals surface area contributed by atoms with E-state index in [4.69, 9.17) is 0 Å². The van der Waals surface area contributed by atoms with Gasteiger partial charge in [0.15, 0.2) is 0 Å². The molecule has 0 aliphatic heterocycles. The summed E-state index contributed by atoms with van der Waals surface area (Å²) in [5.74, 6) is 1.42. The Labute approximate surface area is 158 Å². The molecular formula is C22H23N5. The number of nitrogens with one attached hydrogen (secondary N) is 3. The smallest absolute Gasteiger partial charge is 0.224 e. The largest absolute Gasteiger partial charge is 0.361 e. The van der Waals surface area contributed by atoms with Gasteiger partial charge >= 0.3 is 0 Å². The summed E-state index contributed by atoms with van der Waals surface area (Å²) in [6.45, 7) is 4.99. The minimum atomic E-state index is 0.630. The SMILES string of the molecule is Cc1cccc(Nc2ccnc(NCCc3c[nH]c4ccccc34)n2)c1C. The molecule has 0 saturated carbocycles. The molecule has 0 atom stereocenters. The molecule has 0 amide bonds. The molecule has 0 unspecified atom stereocenters. The highest BCUT2D eigenvalue weighted by Crippen LogP contribution is 2.22. The standard InChI is InChI=1S/C22H23N5/c1-15-6-5-9-19(16(15)2)26-21-11-13-24-22(27-21)23-12-10-17-14-25-20-8-4-3-7-18(17)20/h3-9,11,13-14,25H,10,12H2,1-2H3,(H2,23,24,26,27). The first-order valence-corrected chi connectivity index (χ1v) is 9.16. The number of hydrogen-bond donors (Lipinski definition) is 3. The molecule has 4 rings (SSSR count). The van der Waals surface area contributed by atoms with Gasteiger partial charge in [-0.15, -0.1) is 0 Å². The number of rotatable bonds is 6. The number of aromatic amines is 1. The van der Waals surface area contributed by atoms with Gasteiger partial charge in [-0.3, -0.25) is 0 Å². The van der Waals surface area contributed by atoms with Gasteiger partial charge in [0.2, 0.25) is 5.95 Å². The van der Waals surface area contributed by atoms with Gasteiger partial charge in [0.05, 0.1) is 0 Å². The Morgan fingerprint density at radius 3 is 2.81 bits per heavy atom. The summed E-state index contributed by atoms with van der Waals surface area (Å²) in [5.41, 5.74) is 6.01. The topological polar surface area (TPSA) is 65.6 Å². The van der Waals surface area contributed by atoms with Crippen LogP contribution in [-0.2, 0) is 6.42 Å². The van der Waals surface area contributed by atoms with Gasteiger partial charge in [0, 0.05) is 35.5 Å². The van der Waals surface area contributed by atoms with Crippen LogP contribution in [-0.4, -0.2) is 21.5 Å². The van der Waals surface area contributed by atoms with E-state index < -0.39 is 0 Å². The number of fused-ring (bicyclic) bond motifs is 1. The lowest BCUT2D eigenvalue weighted by Crippen LogP contribution is -2.08. The van der Waals surface area contributed by atoms with Crippen LogP contribution in [0.25, 0.3) is 10.9 Å². The molecule has 0 saturated heterocycles. The summed E-state index contributed by atoms with van der Waals surface area (Å²) < 4.78 is 0. The van der Waals surface area contributed by atoms with Crippen LogP contribution >= 0.6 is 0 Å². The predicted octanol–water partition coefficient (Wildman–Crippen LogP) is 4.97. The van der Waals surface area contributed by atoms with Crippen molar-refractivity contribution < 1.29 is 0 Å². The van der Waals surface area contributed by atoms with Crippen molar-refractivity contribution in [2.75, 3.05) is 17.2 Å². The molecule has 27 heavy (non-hydrogen) atoms. The number of H-pyrrole nitrogens is 1. The third-order valence-corrected chi connectivity index (χ3v) is 4.88. The second-order valence-corrected chi connectivity index (χ2v) is 6.67. The Balaban J connectivity index is 1.41. The average Bonchev–Trinajstić information content (AvgIpc) is 3.09. The van der Waals surface area contributed by atoms with Crippen LogP contribution < -0.4 is 10.6 Å². The van der Waals surface area contributed by atoms with Crippen LogP contribution in [0.15, 0.2) is 60.9 Å². The number of aryl methyl sites for hydroxylation is 1. The number of para-hydroxylation sites is 1. The maximum Gasteiger partial charge on any atom is 0.224 e. The number of hydrogen-bond acceptors (Lipinski definition) is 4. The van der Waals surface area contributed by atoms with E-state index in [1.54, 1.807) is 6.20 Å². The number of aromatic nitrogens is 3. The van der Waals surface area contributed by atoms with Gasteiger partial charge < -0.3 is 15.6 Å². The first kappa shape index (κ1) is 17.1. The summed E-state index contributed by atoms with van der Waals surface area (Å²) >= 11 is 0. The maximum absolute atomic E-state index is 4.58. The van der Waals surface area contributed by atoms with Crippen molar-refractivity contribution in [1.29, 1.82) is 0 Å². The minimum Gasteiger partial charge on any atom is -0.361 e. The van der Waals surface area contributed by atoms with E-state index >= 15 is 0 Å². The maximum atomic E-state index is 4.58. The quantitative estimate of drug-likeness (QED) is 0.456. The van der Waals surface area contributed by atoms with Crippen molar-refractivity contribution in [3.8, 4) is 0 Å². The monoisotopic (exact) mass is 357 g/mol. The van der Waals surface area contributed by atoms with Crippen molar-refractivity contribution in [1.82, 2.24) is 15.0 Å². The van der Waals surface area contributed by atoms with E-state index in [9.17, 15) is 0 Å². The number of benzene rings is 2. The molecule has 2 aromatic carbocycles. The first-order valence-electron chi connectivity index (χ1n) is 9.16. The molecule has 0 radical (unpaired) electrons. The van der Waals surface area contributed by atoms with Gasteiger partial charge in [-0.2, -0.15) is 4.98 Å². The van der Waals surface area contributed by atoms with E-state index in [1.807, 2.05) is 18.2 Å². The Morgan fingerprint density at radius 1 is 1.00 bits per heavy atom. The highest BCUT2D eigenvalue weighted by molar-refractivity contribution is 5.83. The molecule has 136 valence electrons. The lowest BCUT2D eigenvalue weighted by Gasteiger charge is -2.11. The lowest BCUT2D eigenvalue weighted by molar-refractivity contribution is 0.991. The highest BCUT2D eigenvalue weighted by Gasteiger charge is 2.05. The van der Waals surface area contributed by atoms with Gasteiger partial charge in [-0.25, -0.2) is 4.98 Å². The molecular weight excluding hydrogens is 334 g/mol. The van der Waals surface area contributed by atoms with E-state index in [-0.39, 0.29) is 0 Å². The summed E-state index contributed by atoms with van der Waals surface area (Å²) in [6, 6.07) is 16.5. The minimum absolute atomic E-state index is 0.630. The van der Waals surface area contributed by atoms with Crippen LogP contribution in [0.2, 0.25) is 0 Å². The Hall–Kier alpha value is -3.34. The fourth-order valence-corrected chi connectivity index (χ4v) is 3.19. The van der Waals surface area contributed by atoms with Crippen LogP contribution in [0.4, 0.5) is 17.5 Å². The molecule has 2 aromatic heterocycles. The molecule has 3 N–H and O–H groups in total. The summed E-state index contributed by atoms with van der Waals surface area (Å²) in [6.07, 6.45) is 4.75. The van der Waals surface area contributed by atoms with Gasteiger partial charge in [-0.05, 0) is 55.2 Å². The third-order valence-electron chi connectivity index (χ3n) is 4.88. The lowest BCUT2D eigenvalue weighted by atomic mass is 10.1. The van der Waals surface area contributed by atoms with Gasteiger partial charge in [0.1, 0.15) is 5.82 Å². The molecule has 2 heterocycles. The molecule has 0 aliphatic rings. The zero-order valence-corrected chi connectivity index (χ0v) is 15.6. The second kappa shape index (κ2) is 7.50. The zero-order valence-electron chi connectivity index (χ0n) is 15.6. The van der Waals surface area contributed by atoms with E-state index in [0.717, 1.165) is 24.5 Å². The van der Waals surface area contributed by atoms with Crippen LogP contribution in [0.3, 0.4) is 0 Å². The van der Waals surface area contributed by atoms with Gasteiger partial charge in [0.25, 0.3) is 0 Å². The molecule has 0 bridgehead atoms. The molecule has 5 heteroatoms. The normalized spacial score (nSPS) is 10.9. The van der Waals surface area contributed by atoms with Crippen molar-refractivity contribution in [2.24, 2.45) is 0 Å². The fraction of sp³-hybridized carbons (Fsp3) is 0.182. The number of nitrogens with zero attached hydrogens (tertiary/aromatic N) is 2. The molecule has 5 nitrogen and oxygen atoms in total. The second-order valence-electron chi connectivity index (χ2n) is 6.67. The highest BCUT2D eigenvalue weighted by atomic mass is 15.1. The zero-order chi connectivity index (χ0) is 18.6. The van der Waals surface area contributed by atoms with Crippen LogP contribution in [0.5, 0.6) is 0 Å². The van der Waals surface area contributed by atoms with E-state index in [0.29, 0.717) is 5.95 Å². The Kier molecular flexibility index (Phi) is 4.75. The van der Waals surface area contributed by atoms with Crippen molar-refractivity contribution in [2.45, 2.75) is 20.3 Å². The Morgan fingerprint density at radius 2 is 1.89 bits per heavy atom. The predicted molar refractivity (Wildman–Crippen MR) is 112 cm³/mol. The molecule has 0 fully saturated rings. The summed E-state index contributed by atoms with van der Waals surface area (Å²) in [7, 11) is 0.